The molecule has 76 valence electrons. The van der Waals surface area contributed by atoms with E-state index in [-0.39, 0.29) is 12.3 Å². The number of rotatable bonds is 4. The molecule has 0 spiro atoms. The van der Waals surface area contributed by atoms with Crippen LogP contribution in [0.25, 0.3) is 0 Å². The Labute approximate surface area is 81.0 Å². The topological polar surface area (TPSA) is 79.7 Å². The standard InChI is InChI=1S/C9H11NO4/c1-14-9-6(3-2-4-10-9)7(11)5-8(12)13/h2-4,7,11H,5H2,1H3,(H,12,13)/t7-/m0/s1. The van der Waals surface area contributed by atoms with Gasteiger partial charge in [-0.05, 0) is 12.1 Å². The predicted octanol–water partition coefficient (Wildman–Crippen LogP) is 0.598. The summed E-state index contributed by atoms with van der Waals surface area (Å²) in [4.78, 5) is 14.2. The van der Waals surface area contributed by atoms with Gasteiger partial charge in [-0.1, -0.05) is 0 Å². The second-order valence-electron chi connectivity index (χ2n) is 2.72. The van der Waals surface area contributed by atoms with Gasteiger partial charge < -0.3 is 14.9 Å². The maximum absolute atomic E-state index is 10.4. The number of nitrogens with zero attached hydrogens (tertiary/aromatic N) is 1. The van der Waals surface area contributed by atoms with Gasteiger partial charge in [0.05, 0.1) is 19.6 Å². The highest BCUT2D eigenvalue weighted by Crippen LogP contribution is 2.24. The molecule has 14 heavy (non-hydrogen) atoms. The van der Waals surface area contributed by atoms with Crippen LogP contribution in [0, 0.1) is 0 Å². The third-order valence-electron chi connectivity index (χ3n) is 1.72. The predicted molar refractivity (Wildman–Crippen MR) is 48.0 cm³/mol. The van der Waals surface area contributed by atoms with Crippen LogP contribution in [0.4, 0.5) is 0 Å². The van der Waals surface area contributed by atoms with Crippen LogP contribution in [0.5, 0.6) is 5.88 Å². The molecule has 0 aliphatic carbocycles. The first-order valence-corrected chi connectivity index (χ1v) is 4.04. The van der Waals surface area contributed by atoms with Gasteiger partial charge in [0.25, 0.3) is 0 Å². The largest absolute Gasteiger partial charge is 0.481 e. The molecular weight excluding hydrogens is 186 g/mol. The van der Waals surface area contributed by atoms with Crippen molar-refractivity contribution in [2.24, 2.45) is 0 Å². The van der Waals surface area contributed by atoms with Gasteiger partial charge in [0.1, 0.15) is 0 Å². The molecule has 5 nitrogen and oxygen atoms in total. The summed E-state index contributed by atoms with van der Waals surface area (Å²) in [5.74, 6) is -0.815. The van der Waals surface area contributed by atoms with E-state index in [0.717, 1.165) is 0 Å². The lowest BCUT2D eigenvalue weighted by atomic mass is 10.1. The van der Waals surface area contributed by atoms with E-state index in [9.17, 15) is 9.90 Å². The molecule has 5 heteroatoms. The normalized spacial score (nSPS) is 12.1. The maximum atomic E-state index is 10.4. The van der Waals surface area contributed by atoms with Crippen LogP contribution in [0.2, 0.25) is 0 Å². The zero-order valence-corrected chi connectivity index (χ0v) is 7.67. The number of hydrogen-bond donors (Lipinski definition) is 2. The van der Waals surface area contributed by atoms with Gasteiger partial charge in [-0.3, -0.25) is 4.79 Å². The van der Waals surface area contributed by atoms with Crippen molar-refractivity contribution in [2.75, 3.05) is 7.11 Å². The Balaban J connectivity index is 2.87. The van der Waals surface area contributed by atoms with Gasteiger partial charge in [0.15, 0.2) is 0 Å². The van der Waals surface area contributed by atoms with E-state index >= 15 is 0 Å². The van der Waals surface area contributed by atoms with Crippen LogP contribution in [0.15, 0.2) is 18.3 Å². The van der Waals surface area contributed by atoms with Crippen molar-refractivity contribution < 1.29 is 19.7 Å². The van der Waals surface area contributed by atoms with Crippen LogP contribution < -0.4 is 4.74 Å². The monoisotopic (exact) mass is 197 g/mol. The molecule has 0 amide bonds. The van der Waals surface area contributed by atoms with Crippen molar-refractivity contribution in [1.29, 1.82) is 0 Å². The molecule has 0 radical (unpaired) electrons. The summed E-state index contributed by atoms with van der Waals surface area (Å²) in [7, 11) is 1.42. The minimum absolute atomic E-state index is 0.251. The van der Waals surface area contributed by atoms with Crippen LogP contribution in [0.3, 0.4) is 0 Å². The minimum Gasteiger partial charge on any atom is -0.481 e. The van der Waals surface area contributed by atoms with E-state index in [1.807, 2.05) is 0 Å². The second-order valence-corrected chi connectivity index (χ2v) is 2.72. The van der Waals surface area contributed by atoms with Gasteiger partial charge in [-0.25, -0.2) is 4.98 Å². The van der Waals surface area contributed by atoms with Gasteiger partial charge in [-0.2, -0.15) is 0 Å². The lowest BCUT2D eigenvalue weighted by Crippen LogP contribution is -2.07. The van der Waals surface area contributed by atoms with Crippen molar-refractivity contribution in [3.8, 4) is 5.88 Å². The van der Waals surface area contributed by atoms with Crippen LogP contribution in [-0.2, 0) is 4.79 Å². The molecular formula is C9H11NO4. The number of pyridine rings is 1. The number of aliphatic hydroxyl groups is 1. The summed E-state index contributed by atoms with van der Waals surface area (Å²) in [6.07, 6.45) is 0.0638. The average molecular weight is 197 g/mol. The lowest BCUT2D eigenvalue weighted by molar-refractivity contribution is -0.139. The van der Waals surface area contributed by atoms with Crippen LogP contribution in [0.1, 0.15) is 18.1 Å². The first-order valence-electron chi connectivity index (χ1n) is 4.04. The van der Waals surface area contributed by atoms with Gasteiger partial charge in [0.2, 0.25) is 5.88 Å². The van der Waals surface area contributed by atoms with Crippen molar-refractivity contribution in [1.82, 2.24) is 4.98 Å². The Morgan fingerprint density at radius 3 is 3.00 bits per heavy atom. The first-order chi connectivity index (χ1) is 6.65. The maximum Gasteiger partial charge on any atom is 0.306 e. The number of carbonyl (C=O) groups is 1. The Morgan fingerprint density at radius 1 is 1.71 bits per heavy atom. The Morgan fingerprint density at radius 2 is 2.43 bits per heavy atom. The third-order valence-corrected chi connectivity index (χ3v) is 1.72. The molecule has 1 rings (SSSR count). The zero-order chi connectivity index (χ0) is 10.6. The fourth-order valence-electron chi connectivity index (χ4n) is 1.10. The van der Waals surface area contributed by atoms with Crippen LogP contribution >= 0.6 is 0 Å². The summed E-state index contributed by atoms with van der Waals surface area (Å²) in [6, 6.07) is 3.20. The number of methoxy groups -OCH3 is 1. The molecule has 1 aromatic heterocycles. The summed E-state index contributed by atoms with van der Waals surface area (Å²) >= 11 is 0. The van der Waals surface area contributed by atoms with Crippen molar-refractivity contribution >= 4 is 5.97 Å². The Hall–Kier alpha value is -1.62. The lowest BCUT2D eigenvalue weighted by Gasteiger charge is -2.11. The molecule has 0 saturated heterocycles. The number of aromatic nitrogens is 1. The number of aliphatic carboxylic acids is 1. The van der Waals surface area contributed by atoms with Gasteiger partial charge in [-0.15, -0.1) is 0 Å². The van der Waals surface area contributed by atoms with E-state index in [4.69, 9.17) is 9.84 Å². The van der Waals surface area contributed by atoms with E-state index in [2.05, 4.69) is 4.98 Å². The first kappa shape index (κ1) is 10.5. The molecule has 1 aromatic rings. The summed E-state index contributed by atoms with van der Waals surface area (Å²) in [5.41, 5.74) is 0.386. The van der Waals surface area contributed by atoms with E-state index < -0.39 is 12.1 Å². The van der Waals surface area contributed by atoms with Crippen LogP contribution in [-0.4, -0.2) is 28.3 Å². The fraction of sp³-hybridized carbons (Fsp3) is 0.333. The molecule has 1 heterocycles. The van der Waals surface area contributed by atoms with E-state index in [1.165, 1.54) is 13.3 Å². The number of hydrogen-bond acceptors (Lipinski definition) is 4. The quantitative estimate of drug-likeness (QED) is 0.738. The van der Waals surface area contributed by atoms with Crippen molar-refractivity contribution in [2.45, 2.75) is 12.5 Å². The third kappa shape index (κ3) is 2.43. The minimum atomic E-state index is -1.09. The summed E-state index contributed by atoms with van der Waals surface area (Å²) in [6.45, 7) is 0. The number of ether oxygens (including phenoxy) is 1. The molecule has 2 N–H and O–H groups in total. The van der Waals surface area contributed by atoms with E-state index in [0.29, 0.717) is 5.56 Å². The summed E-state index contributed by atoms with van der Waals surface area (Å²) < 4.78 is 4.88. The highest BCUT2D eigenvalue weighted by atomic mass is 16.5. The Bertz CT molecular complexity index is 326. The van der Waals surface area contributed by atoms with E-state index in [1.54, 1.807) is 12.1 Å². The number of aliphatic hydroxyl groups excluding tert-OH is 1. The van der Waals surface area contributed by atoms with Gasteiger partial charge in [0, 0.05) is 11.8 Å². The van der Waals surface area contributed by atoms with Crippen molar-refractivity contribution in [3.05, 3.63) is 23.9 Å². The number of carboxylic acids is 1. The molecule has 1 atom stereocenters. The molecule has 0 aromatic carbocycles. The average Bonchev–Trinajstić information content (AvgIpc) is 2.16. The highest BCUT2D eigenvalue weighted by molar-refractivity contribution is 5.67. The smallest absolute Gasteiger partial charge is 0.306 e. The van der Waals surface area contributed by atoms with Crippen molar-refractivity contribution in [3.63, 3.8) is 0 Å². The van der Waals surface area contributed by atoms with Gasteiger partial charge >= 0.3 is 5.97 Å². The molecule has 0 aliphatic rings. The fourth-order valence-corrected chi connectivity index (χ4v) is 1.10. The molecule has 0 unspecified atom stereocenters. The molecule has 0 aliphatic heterocycles. The Kier molecular flexibility index (Phi) is 3.41. The zero-order valence-electron chi connectivity index (χ0n) is 7.67. The molecule has 0 bridgehead atoms. The SMILES string of the molecule is COc1ncccc1[C@@H](O)CC(=O)O. The number of carboxylic acid groups (broad SMARTS) is 1. The summed E-state index contributed by atoms with van der Waals surface area (Å²) in [5, 5.41) is 18.0. The molecule has 0 fully saturated rings. The molecule has 0 saturated carbocycles. The second kappa shape index (κ2) is 4.57. The highest BCUT2D eigenvalue weighted by Gasteiger charge is 2.16.